The highest BCUT2D eigenvalue weighted by atomic mass is 16.3. The molecule has 1 aromatic carbocycles. The van der Waals surface area contributed by atoms with Crippen molar-refractivity contribution in [2.45, 2.75) is 39.8 Å². The molecule has 0 spiro atoms. The van der Waals surface area contributed by atoms with Crippen molar-refractivity contribution in [3.8, 4) is 5.75 Å². The topological polar surface area (TPSA) is 38.7 Å². The van der Waals surface area contributed by atoms with Crippen LogP contribution in [-0.4, -0.2) is 46.7 Å². The minimum atomic E-state index is 0.294. The molecule has 1 saturated heterocycles. The molecule has 4 heteroatoms. The Morgan fingerprint density at radius 2 is 1.52 bits per heavy atom. The van der Waals surface area contributed by atoms with Gasteiger partial charge >= 0.3 is 0 Å². The predicted octanol–water partition coefficient (Wildman–Crippen LogP) is 3.08. The number of hydrogen-bond donors (Lipinski definition) is 2. The third-order valence-electron chi connectivity index (χ3n) is 3.95. The summed E-state index contributed by atoms with van der Waals surface area (Å²) < 4.78 is 0. The van der Waals surface area contributed by atoms with Crippen LogP contribution in [0, 0.1) is 0 Å². The monoisotopic (exact) mass is 289 g/mol. The van der Waals surface area contributed by atoms with Crippen LogP contribution < -0.4 is 5.32 Å². The van der Waals surface area contributed by atoms with Crippen LogP contribution in [0.1, 0.15) is 27.7 Å². The highest BCUT2D eigenvalue weighted by Gasteiger charge is 2.24. The number of phenols is 1. The number of rotatable bonds is 4. The first-order valence-corrected chi connectivity index (χ1v) is 7.67. The lowest BCUT2D eigenvalue weighted by atomic mass is 10.1. The van der Waals surface area contributed by atoms with Gasteiger partial charge in [-0.3, -0.25) is 9.80 Å². The van der Waals surface area contributed by atoms with E-state index < -0.39 is 0 Å². The molecule has 1 fully saturated rings. The molecular formula is C17H27N3O. The van der Waals surface area contributed by atoms with Gasteiger partial charge in [0.05, 0.1) is 6.67 Å². The van der Waals surface area contributed by atoms with Gasteiger partial charge in [-0.15, -0.1) is 0 Å². The van der Waals surface area contributed by atoms with E-state index in [1.807, 2.05) is 12.1 Å². The standard InChI is InChI=1S/C17H27N3O/c1-13(2)19-10-15(11-20(12-19)14(3)4)9-18-16-5-7-17(21)8-6-16/h5-9,13-14,18,21H,10-12H2,1-4H3. The number of nitrogens with zero attached hydrogens (tertiary/aromatic N) is 2. The maximum atomic E-state index is 9.31. The molecule has 116 valence electrons. The summed E-state index contributed by atoms with van der Waals surface area (Å²) in [6.07, 6.45) is 2.11. The predicted molar refractivity (Wildman–Crippen MR) is 88.4 cm³/mol. The van der Waals surface area contributed by atoms with E-state index in [0.29, 0.717) is 17.8 Å². The molecule has 1 aliphatic heterocycles. The molecule has 4 nitrogen and oxygen atoms in total. The van der Waals surface area contributed by atoms with E-state index in [9.17, 15) is 5.11 Å². The largest absolute Gasteiger partial charge is 0.508 e. The summed E-state index contributed by atoms with van der Waals surface area (Å²) in [5.41, 5.74) is 2.38. The first-order valence-electron chi connectivity index (χ1n) is 7.67. The maximum Gasteiger partial charge on any atom is 0.115 e. The van der Waals surface area contributed by atoms with E-state index in [0.717, 1.165) is 25.4 Å². The van der Waals surface area contributed by atoms with Gasteiger partial charge in [-0.2, -0.15) is 0 Å². The van der Waals surface area contributed by atoms with Crippen LogP contribution >= 0.6 is 0 Å². The van der Waals surface area contributed by atoms with Crippen molar-refractivity contribution >= 4 is 5.69 Å². The zero-order valence-corrected chi connectivity index (χ0v) is 13.5. The summed E-state index contributed by atoms with van der Waals surface area (Å²) in [6, 6.07) is 8.25. The highest BCUT2D eigenvalue weighted by Crippen LogP contribution is 2.18. The van der Waals surface area contributed by atoms with E-state index in [1.165, 1.54) is 5.57 Å². The Bertz CT molecular complexity index is 461. The fraction of sp³-hybridized carbons (Fsp3) is 0.529. The third-order valence-corrected chi connectivity index (χ3v) is 3.95. The van der Waals surface area contributed by atoms with Crippen molar-refractivity contribution in [2.24, 2.45) is 0 Å². The van der Waals surface area contributed by atoms with E-state index >= 15 is 0 Å². The van der Waals surface area contributed by atoms with E-state index in [-0.39, 0.29) is 0 Å². The fourth-order valence-electron chi connectivity index (χ4n) is 2.43. The minimum absolute atomic E-state index is 0.294. The molecule has 2 N–H and O–H groups in total. The van der Waals surface area contributed by atoms with Crippen LogP contribution in [0.2, 0.25) is 0 Å². The molecule has 0 atom stereocenters. The summed E-state index contributed by atoms with van der Waals surface area (Å²) >= 11 is 0. The highest BCUT2D eigenvalue weighted by molar-refractivity contribution is 5.48. The van der Waals surface area contributed by atoms with Gasteiger partial charge in [0.2, 0.25) is 0 Å². The third kappa shape index (κ3) is 4.48. The molecule has 0 aliphatic carbocycles. The number of nitrogens with one attached hydrogen (secondary N) is 1. The molecule has 0 saturated carbocycles. The molecule has 1 aromatic rings. The Labute approximate surface area is 128 Å². The Balaban J connectivity index is 2.05. The summed E-state index contributed by atoms with van der Waals surface area (Å²) in [5.74, 6) is 0.294. The molecule has 0 aromatic heterocycles. The molecule has 0 amide bonds. The Kier molecular flexibility index (Phi) is 5.26. The number of aromatic hydroxyl groups is 1. The van der Waals surface area contributed by atoms with Gasteiger partial charge < -0.3 is 10.4 Å². The lowest BCUT2D eigenvalue weighted by molar-refractivity contribution is 0.0699. The molecule has 0 bridgehead atoms. The molecular weight excluding hydrogens is 262 g/mol. The molecule has 21 heavy (non-hydrogen) atoms. The van der Waals surface area contributed by atoms with Crippen molar-refractivity contribution in [2.75, 3.05) is 25.1 Å². The van der Waals surface area contributed by atoms with Gasteiger partial charge in [-0.05, 0) is 57.5 Å². The van der Waals surface area contributed by atoms with Crippen LogP contribution in [-0.2, 0) is 0 Å². The average molecular weight is 289 g/mol. The fourth-order valence-corrected chi connectivity index (χ4v) is 2.43. The van der Waals surface area contributed by atoms with Crippen molar-refractivity contribution in [1.29, 1.82) is 0 Å². The first kappa shape index (κ1) is 15.9. The van der Waals surface area contributed by atoms with E-state index in [1.54, 1.807) is 12.1 Å². The maximum absolute atomic E-state index is 9.31. The van der Waals surface area contributed by atoms with Gasteiger partial charge in [0.15, 0.2) is 0 Å². The summed E-state index contributed by atoms with van der Waals surface area (Å²) in [5, 5.41) is 12.6. The van der Waals surface area contributed by atoms with Crippen LogP contribution in [0.3, 0.4) is 0 Å². The summed E-state index contributed by atoms with van der Waals surface area (Å²) in [4.78, 5) is 4.96. The van der Waals surface area contributed by atoms with E-state index in [2.05, 4.69) is 49.0 Å². The quantitative estimate of drug-likeness (QED) is 0.836. The number of phenolic OH excluding ortho intramolecular Hbond substituents is 1. The number of hydrogen-bond acceptors (Lipinski definition) is 4. The van der Waals surface area contributed by atoms with Crippen molar-refractivity contribution in [1.82, 2.24) is 9.80 Å². The Morgan fingerprint density at radius 1 is 1.00 bits per heavy atom. The first-order chi connectivity index (χ1) is 9.95. The zero-order chi connectivity index (χ0) is 15.4. The van der Waals surface area contributed by atoms with Crippen molar-refractivity contribution in [3.63, 3.8) is 0 Å². The molecule has 1 heterocycles. The van der Waals surface area contributed by atoms with Gasteiger partial charge in [0, 0.05) is 37.1 Å². The average Bonchev–Trinajstić information content (AvgIpc) is 2.46. The molecule has 0 radical (unpaired) electrons. The second-order valence-corrected chi connectivity index (χ2v) is 6.32. The van der Waals surface area contributed by atoms with Crippen molar-refractivity contribution < 1.29 is 5.11 Å². The Morgan fingerprint density at radius 3 is 2.00 bits per heavy atom. The van der Waals surface area contributed by atoms with Crippen LogP contribution in [0.25, 0.3) is 0 Å². The Hall–Kier alpha value is -1.52. The zero-order valence-electron chi connectivity index (χ0n) is 13.5. The normalized spacial score (nSPS) is 17.5. The van der Waals surface area contributed by atoms with E-state index in [4.69, 9.17) is 0 Å². The van der Waals surface area contributed by atoms with Crippen LogP contribution in [0.5, 0.6) is 5.75 Å². The van der Waals surface area contributed by atoms with Gasteiger partial charge in [0.25, 0.3) is 0 Å². The smallest absolute Gasteiger partial charge is 0.115 e. The van der Waals surface area contributed by atoms with Crippen molar-refractivity contribution in [3.05, 3.63) is 36.0 Å². The van der Waals surface area contributed by atoms with Gasteiger partial charge in [-0.25, -0.2) is 0 Å². The molecule has 0 unspecified atom stereocenters. The summed E-state index contributed by atoms with van der Waals surface area (Å²) in [7, 11) is 0. The number of benzene rings is 1. The summed E-state index contributed by atoms with van der Waals surface area (Å²) in [6.45, 7) is 12.0. The second kappa shape index (κ2) is 6.96. The SMILES string of the molecule is CC(C)N1CC(=CNc2ccc(O)cc2)CN(C(C)C)C1. The lowest BCUT2D eigenvalue weighted by Crippen LogP contribution is -2.51. The van der Waals surface area contributed by atoms with Gasteiger partial charge in [0.1, 0.15) is 5.75 Å². The lowest BCUT2D eigenvalue weighted by Gasteiger charge is -2.41. The van der Waals surface area contributed by atoms with Gasteiger partial charge in [-0.1, -0.05) is 0 Å². The number of anilines is 1. The molecule has 1 aliphatic rings. The van der Waals surface area contributed by atoms with Crippen LogP contribution in [0.15, 0.2) is 36.0 Å². The molecule has 2 rings (SSSR count). The van der Waals surface area contributed by atoms with Crippen LogP contribution in [0.4, 0.5) is 5.69 Å². The minimum Gasteiger partial charge on any atom is -0.508 e. The second-order valence-electron chi connectivity index (χ2n) is 6.32.